The molecule has 0 amide bonds. The molecule has 0 saturated heterocycles. The van der Waals surface area contributed by atoms with Crippen molar-refractivity contribution in [2.75, 3.05) is 20.2 Å². The lowest BCUT2D eigenvalue weighted by molar-refractivity contribution is 0.222. The molecule has 2 N–H and O–H groups in total. The first-order valence-corrected chi connectivity index (χ1v) is 8.77. The molecule has 0 radical (unpaired) electrons. The van der Waals surface area contributed by atoms with E-state index in [4.69, 9.17) is 9.47 Å². The molecule has 6 heteroatoms. The number of hydrogen-bond donors (Lipinski definition) is 2. The van der Waals surface area contributed by atoms with Crippen LogP contribution in [0.25, 0.3) is 0 Å². The highest BCUT2D eigenvalue weighted by Gasteiger charge is 2.21. The van der Waals surface area contributed by atoms with Crippen molar-refractivity contribution in [3.63, 3.8) is 0 Å². The zero-order chi connectivity index (χ0) is 18.4. The van der Waals surface area contributed by atoms with Crippen LogP contribution in [-0.4, -0.2) is 32.3 Å². The predicted octanol–water partition coefficient (Wildman–Crippen LogP) is 3.28. The number of para-hydroxylation sites is 1. The normalized spacial score (nSPS) is 17.7. The smallest absolute Gasteiger partial charge is 0.191 e. The summed E-state index contributed by atoms with van der Waals surface area (Å²) >= 11 is 0. The zero-order valence-electron chi connectivity index (χ0n) is 15.0. The van der Waals surface area contributed by atoms with Crippen LogP contribution in [0.1, 0.15) is 24.9 Å². The average Bonchev–Trinajstić information content (AvgIpc) is 2.65. The fourth-order valence-electron chi connectivity index (χ4n) is 2.91. The molecule has 138 valence electrons. The molecule has 2 aromatic rings. The van der Waals surface area contributed by atoms with Gasteiger partial charge in [-0.3, -0.25) is 4.99 Å². The van der Waals surface area contributed by atoms with Gasteiger partial charge in [-0.25, -0.2) is 4.39 Å². The van der Waals surface area contributed by atoms with Crippen molar-refractivity contribution in [2.45, 2.75) is 25.5 Å². The lowest BCUT2D eigenvalue weighted by atomic mass is 10.0. The first-order valence-electron chi connectivity index (χ1n) is 8.77. The summed E-state index contributed by atoms with van der Waals surface area (Å²) in [5.41, 5.74) is 1.13. The van der Waals surface area contributed by atoms with Crippen molar-refractivity contribution in [3.05, 3.63) is 59.9 Å². The van der Waals surface area contributed by atoms with E-state index in [0.29, 0.717) is 24.9 Å². The minimum absolute atomic E-state index is 0.141. The van der Waals surface area contributed by atoms with Gasteiger partial charge in [-0.1, -0.05) is 24.3 Å². The minimum Gasteiger partial charge on any atom is -0.493 e. The van der Waals surface area contributed by atoms with Gasteiger partial charge in [-0.05, 0) is 25.1 Å². The van der Waals surface area contributed by atoms with Crippen LogP contribution in [-0.2, 0) is 0 Å². The van der Waals surface area contributed by atoms with Gasteiger partial charge in [0.1, 0.15) is 23.4 Å². The van der Waals surface area contributed by atoms with Gasteiger partial charge in [0.25, 0.3) is 0 Å². The summed E-state index contributed by atoms with van der Waals surface area (Å²) < 4.78 is 24.7. The molecule has 0 saturated carbocycles. The van der Waals surface area contributed by atoms with Gasteiger partial charge in [-0.2, -0.15) is 0 Å². The Kier molecular flexibility index (Phi) is 5.94. The van der Waals surface area contributed by atoms with Crippen molar-refractivity contribution >= 4 is 5.96 Å². The third-order valence-corrected chi connectivity index (χ3v) is 4.18. The van der Waals surface area contributed by atoms with Gasteiger partial charge in [0.15, 0.2) is 5.96 Å². The first-order chi connectivity index (χ1) is 12.7. The van der Waals surface area contributed by atoms with E-state index in [1.54, 1.807) is 19.2 Å². The Hall–Kier alpha value is -2.76. The largest absolute Gasteiger partial charge is 0.493 e. The Morgan fingerprint density at radius 1 is 1.31 bits per heavy atom. The summed E-state index contributed by atoms with van der Waals surface area (Å²) in [4.78, 5) is 4.29. The highest BCUT2D eigenvalue weighted by atomic mass is 19.1. The van der Waals surface area contributed by atoms with Crippen molar-refractivity contribution < 1.29 is 13.9 Å². The second-order valence-corrected chi connectivity index (χ2v) is 6.21. The van der Waals surface area contributed by atoms with Crippen LogP contribution in [0.4, 0.5) is 4.39 Å². The van der Waals surface area contributed by atoms with Crippen LogP contribution in [0.5, 0.6) is 11.5 Å². The van der Waals surface area contributed by atoms with Gasteiger partial charge in [0.05, 0.1) is 19.2 Å². The predicted molar refractivity (Wildman–Crippen MR) is 100 cm³/mol. The molecule has 0 spiro atoms. The van der Waals surface area contributed by atoms with Crippen LogP contribution in [0.2, 0.25) is 0 Å². The number of nitrogens with one attached hydrogen (secondary N) is 2. The molecule has 26 heavy (non-hydrogen) atoms. The molecule has 2 atom stereocenters. The Balaban J connectivity index is 1.54. The highest BCUT2D eigenvalue weighted by Crippen LogP contribution is 2.31. The molecule has 0 aromatic heterocycles. The zero-order valence-corrected chi connectivity index (χ0v) is 15.0. The fourth-order valence-corrected chi connectivity index (χ4v) is 2.91. The molecule has 2 aromatic carbocycles. The van der Waals surface area contributed by atoms with Crippen LogP contribution in [0.15, 0.2) is 53.5 Å². The summed E-state index contributed by atoms with van der Waals surface area (Å²) in [6.07, 6.45) is 0.727. The third-order valence-electron chi connectivity index (χ3n) is 4.18. The monoisotopic (exact) mass is 357 g/mol. The number of aliphatic imine (C=N–C) groups is 1. The first kappa shape index (κ1) is 18.0. The molecular weight excluding hydrogens is 333 g/mol. The number of benzene rings is 2. The Bertz CT molecular complexity index is 766. The average molecular weight is 357 g/mol. The van der Waals surface area contributed by atoms with E-state index < -0.39 is 0 Å². The SMILES string of the molecule is CN=C(NCC(C)Oc1cccc(F)c1)NC1CCOc2ccccc21. The van der Waals surface area contributed by atoms with Crippen molar-refractivity contribution in [1.82, 2.24) is 10.6 Å². The molecule has 3 rings (SSSR count). The van der Waals surface area contributed by atoms with Crippen LogP contribution < -0.4 is 20.1 Å². The number of hydrogen-bond acceptors (Lipinski definition) is 3. The number of guanidine groups is 1. The van der Waals surface area contributed by atoms with E-state index in [0.717, 1.165) is 17.7 Å². The standard InChI is InChI=1S/C20H24FN3O2/c1-14(26-16-7-5-6-15(21)12-16)13-23-20(22-2)24-18-10-11-25-19-9-4-3-8-17(18)19/h3-9,12,14,18H,10-11,13H2,1-2H3,(H2,22,23,24). The summed E-state index contributed by atoms with van der Waals surface area (Å²) in [7, 11) is 1.73. The second kappa shape index (κ2) is 8.56. The second-order valence-electron chi connectivity index (χ2n) is 6.21. The number of rotatable bonds is 5. The van der Waals surface area contributed by atoms with Gasteiger partial charge >= 0.3 is 0 Å². The Morgan fingerprint density at radius 2 is 2.15 bits per heavy atom. The third kappa shape index (κ3) is 4.65. The van der Waals surface area contributed by atoms with E-state index in [2.05, 4.69) is 21.7 Å². The fraction of sp³-hybridized carbons (Fsp3) is 0.350. The molecule has 5 nitrogen and oxygen atoms in total. The molecule has 0 aliphatic carbocycles. The van der Waals surface area contributed by atoms with Gasteiger partial charge in [0.2, 0.25) is 0 Å². The molecule has 1 aliphatic heterocycles. The summed E-state index contributed by atoms with van der Waals surface area (Å²) in [5.74, 6) is 1.81. The number of ether oxygens (including phenoxy) is 2. The lowest BCUT2D eigenvalue weighted by Crippen LogP contribution is -2.44. The molecular formula is C20H24FN3O2. The summed E-state index contributed by atoms with van der Waals surface area (Å²) in [6.45, 7) is 3.14. The molecule has 0 fully saturated rings. The van der Waals surface area contributed by atoms with Gasteiger partial charge in [-0.15, -0.1) is 0 Å². The summed E-state index contributed by atoms with van der Waals surface area (Å²) in [5, 5.41) is 6.69. The molecule has 1 heterocycles. The van der Waals surface area contributed by atoms with E-state index in [-0.39, 0.29) is 18.0 Å². The number of halogens is 1. The van der Waals surface area contributed by atoms with Crippen molar-refractivity contribution in [3.8, 4) is 11.5 Å². The lowest BCUT2D eigenvalue weighted by Gasteiger charge is -2.28. The maximum absolute atomic E-state index is 13.2. The number of nitrogens with zero attached hydrogens (tertiary/aromatic N) is 1. The molecule has 1 aliphatic rings. The molecule has 0 bridgehead atoms. The van der Waals surface area contributed by atoms with Gasteiger partial charge in [0, 0.05) is 25.1 Å². The topological polar surface area (TPSA) is 54.9 Å². The number of fused-ring (bicyclic) bond motifs is 1. The van der Waals surface area contributed by atoms with E-state index in [9.17, 15) is 4.39 Å². The van der Waals surface area contributed by atoms with Gasteiger partial charge < -0.3 is 20.1 Å². The van der Waals surface area contributed by atoms with E-state index in [1.165, 1.54) is 12.1 Å². The van der Waals surface area contributed by atoms with Crippen LogP contribution >= 0.6 is 0 Å². The van der Waals surface area contributed by atoms with E-state index >= 15 is 0 Å². The molecule has 2 unspecified atom stereocenters. The summed E-state index contributed by atoms with van der Waals surface area (Å²) in [6, 6.07) is 14.3. The van der Waals surface area contributed by atoms with Crippen molar-refractivity contribution in [2.24, 2.45) is 4.99 Å². The van der Waals surface area contributed by atoms with Crippen molar-refractivity contribution in [1.29, 1.82) is 0 Å². The Morgan fingerprint density at radius 3 is 2.96 bits per heavy atom. The maximum Gasteiger partial charge on any atom is 0.191 e. The quantitative estimate of drug-likeness (QED) is 0.637. The van der Waals surface area contributed by atoms with Crippen LogP contribution in [0, 0.1) is 5.82 Å². The van der Waals surface area contributed by atoms with Crippen LogP contribution in [0.3, 0.4) is 0 Å². The minimum atomic E-state index is -0.307. The Labute approximate surface area is 153 Å². The maximum atomic E-state index is 13.2. The highest BCUT2D eigenvalue weighted by molar-refractivity contribution is 5.80. The van der Waals surface area contributed by atoms with E-state index in [1.807, 2.05) is 25.1 Å².